The van der Waals surface area contributed by atoms with Crippen molar-refractivity contribution < 1.29 is 14.3 Å². The molecule has 0 spiro atoms. The number of aromatic nitrogens is 2. The van der Waals surface area contributed by atoms with Crippen LogP contribution in [-0.4, -0.2) is 22.3 Å². The highest BCUT2D eigenvalue weighted by Crippen LogP contribution is 2.35. The quantitative estimate of drug-likeness (QED) is 0.715. The maximum Gasteiger partial charge on any atom is 0.254 e. The molecule has 0 unspecified atom stereocenters. The number of rotatable bonds is 5. The Kier molecular flexibility index (Phi) is 4.99. The number of fused-ring (bicyclic) bond motifs is 1. The molecule has 1 amide bonds. The molecule has 0 radical (unpaired) electrons. The SMILES string of the molecule is O=C(Cn1cnc(-c2ccc3c(c2)OCO3)cc1=O)NCc1ccccc1Cl. The van der Waals surface area contributed by atoms with E-state index in [1.54, 1.807) is 24.3 Å². The van der Waals surface area contributed by atoms with Gasteiger partial charge in [-0.05, 0) is 29.8 Å². The van der Waals surface area contributed by atoms with Gasteiger partial charge in [-0.3, -0.25) is 14.2 Å². The predicted molar refractivity (Wildman–Crippen MR) is 103 cm³/mol. The molecule has 0 saturated heterocycles. The van der Waals surface area contributed by atoms with E-state index in [1.807, 2.05) is 18.2 Å². The molecule has 1 aromatic heterocycles. The lowest BCUT2D eigenvalue weighted by atomic mass is 10.1. The van der Waals surface area contributed by atoms with E-state index in [4.69, 9.17) is 21.1 Å². The molecule has 2 aromatic carbocycles. The largest absolute Gasteiger partial charge is 0.454 e. The maximum absolute atomic E-state index is 12.4. The van der Waals surface area contributed by atoms with Gasteiger partial charge in [-0.2, -0.15) is 0 Å². The van der Waals surface area contributed by atoms with Crippen molar-refractivity contribution in [3.8, 4) is 22.8 Å². The van der Waals surface area contributed by atoms with Crippen LogP contribution in [0.4, 0.5) is 0 Å². The van der Waals surface area contributed by atoms with Gasteiger partial charge in [0.15, 0.2) is 11.5 Å². The van der Waals surface area contributed by atoms with Crippen LogP contribution < -0.4 is 20.3 Å². The third-order valence-corrected chi connectivity index (χ3v) is 4.66. The van der Waals surface area contributed by atoms with E-state index in [-0.39, 0.29) is 31.3 Å². The van der Waals surface area contributed by atoms with Crippen LogP contribution in [0.15, 0.2) is 59.7 Å². The second-order valence-corrected chi connectivity index (χ2v) is 6.58. The molecular formula is C20H16ClN3O4. The normalized spacial score (nSPS) is 12.0. The number of hydrogen-bond acceptors (Lipinski definition) is 5. The van der Waals surface area contributed by atoms with Crippen LogP contribution in [0.3, 0.4) is 0 Å². The topological polar surface area (TPSA) is 82.5 Å². The molecule has 3 aromatic rings. The highest BCUT2D eigenvalue weighted by molar-refractivity contribution is 6.31. The van der Waals surface area contributed by atoms with E-state index in [0.717, 1.165) is 11.1 Å². The van der Waals surface area contributed by atoms with E-state index in [0.29, 0.717) is 22.2 Å². The van der Waals surface area contributed by atoms with Gasteiger partial charge in [0.25, 0.3) is 5.56 Å². The molecule has 0 fully saturated rings. The smallest absolute Gasteiger partial charge is 0.254 e. The fourth-order valence-electron chi connectivity index (χ4n) is 2.80. The van der Waals surface area contributed by atoms with Gasteiger partial charge in [0.1, 0.15) is 6.54 Å². The molecule has 8 heteroatoms. The number of carbonyl (C=O) groups is 1. The molecule has 0 bridgehead atoms. The first-order valence-corrected chi connectivity index (χ1v) is 8.94. The van der Waals surface area contributed by atoms with Crippen molar-refractivity contribution in [1.82, 2.24) is 14.9 Å². The second kappa shape index (κ2) is 7.74. The third kappa shape index (κ3) is 3.84. The van der Waals surface area contributed by atoms with E-state index in [2.05, 4.69) is 10.3 Å². The molecule has 0 saturated carbocycles. The Labute approximate surface area is 165 Å². The van der Waals surface area contributed by atoms with Gasteiger partial charge in [-0.1, -0.05) is 29.8 Å². The zero-order chi connectivity index (χ0) is 19.5. The maximum atomic E-state index is 12.4. The molecule has 4 rings (SSSR count). The molecule has 1 N–H and O–H groups in total. The molecular weight excluding hydrogens is 382 g/mol. The Morgan fingerprint density at radius 1 is 1.14 bits per heavy atom. The predicted octanol–water partition coefficient (Wildman–Crippen LogP) is 2.61. The minimum Gasteiger partial charge on any atom is -0.454 e. The van der Waals surface area contributed by atoms with Crippen LogP contribution >= 0.6 is 11.6 Å². The molecule has 0 aliphatic carbocycles. The van der Waals surface area contributed by atoms with Crippen molar-refractivity contribution in [2.75, 3.05) is 6.79 Å². The molecule has 1 aliphatic rings. The van der Waals surface area contributed by atoms with E-state index in [1.165, 1.54) is 17.0 Å². The van der Waals surface area contributed by atoms with Crippen molar-refractivity contribution >= 4 is 17.5 Å². The number of nitrogens with zero attached hydrogens (tertiary/aromatic N) is 2. The Bertz CT molecular complexity index is 1100. The average molecular weight is 398 g/mol. The number of nitrogens with one attached hydrogen (secondary N) is 1. The molecule has 142 valence electrons. The fraction of sp³-hybridized carbons (Fsp3) is 0.150. The van der Waals surface area contributed by atoms with Gasteiger partial charge in [0.2, 0.25) is 12.7 Å². The standard InChI is InChI=1S/C20H16ClN3O4/c21-15-4-2-1-3-14(15)9-22-19(25)10-24-11-23-16(8-20(24)26)13-5-6-17-18(7-13)28-12-27-17/h1-8,11H,9-10,12H2,(H,22,25). The highest BCUT2D eigenvalue weighted by atomic mass is 35.5. The first kappa shape index (κ1) is 18.1. The first-order chi connectivity index (χ1) is 13.6. The van der Waals surface area contributed by atoms with Crippen LogP contribution in [0, 0.1) is 0 Å². The van der Waals surface area contributed by atoms with E-state index >= 15 is 0 Å². The van der Waals surface area contributed by atoms with E-state index in [9.17, 15) is 9.59 Å². The van der Waals surface area contributed by atoms with Crippen LogP contribution in [0.1, 0.15) is 5.56 Å². The number of carbonyl (C=O) groups excluding carboxylic acids is 1. The van der Waals surface area contributed by atoms with E-state index < -0.39 is 0 Å². The van der Waals surface area contributed by atoms with Crippen LogP contribution in [0.25, 0.3) is 11.3 Å². The lowest BCUT2D eigenvalue weighted by molar-refractivity contribution is -0.121. The Morgan fingerprint density at radius 3 is 2.79 bits per heavy atom. The number of amides is 1. The van der Waals surface area contributed by atoms with Crippen LogP contribution in [0.5, 0.6) is 11.5 Å². The van der Waals surface area contributed by atoms with Gasteiger partial charge in [0, 0.05) is 23.2 Å². The number of halogens is 1. The number of ether oxygens (including phenoxy) is 2. The summed E-state index contributed by atoms with van der Waals surface area (Å²) in [4.78, 5) is 28.8. The first-order valence-electron chi connectivity index (χ1n) is 8.57. The molecule has 0 atom stereocenters. The summed E-state index contributed by atoms with van der Waals surface area (Å²) in [5, 5.41) is 3.33. The minimum absolute atomic E-state index is 0.127. The summed E-state index contributed by atoms with van der Waals surface area (Å²) >= 11 is 6.07. The summed E-state index contributed by atoms with van der Waals surface area (Å²) in [6, 6.07) is 14.0. The lowest BCUT2D eigenvalue weighted by Gasteiger charge is -2.09. The second-order valence-electron chi connectivity index (χ2n) is 6.18. The summed E-state index contributed by atoms with van der Waals surface area (Å²) in [6.45, 7) is 0.338. The van der Waals surface area contributed by atoms with Crippen LogP contribution in [0.2, 0.25) is 5.02 Å². The van der Waals surface area contributed by atoms with Crippen molar-refractivity contribution in [3.05, 3.63) is 75.8 Å². The lowest BCUT2D eigenvalue weighted by Crippen LogP contribution is -2.32. The van der Waals surface area contributed by atoms with Crippen molar-refractivity contribution in [2.24, 2.45) is 0 Å². The van der Waals surface area contributed by atoms with Gasteiger partial charge in [-0.15, -0.1) is 0 Å². The van der Waals surface area contributed by atoms with Gasteiger partial charge in [-0.25, -0.2) is 4.98 Å². The molecule has 28 heavy (non-hydrogen) atoms. The molecule has 2 heterocycles. The summed E-state index contributed by atoms with van der Waals surface area (Å²) in [7, 11) is 0. The average Bonchev–Trinajstić information content (AvgIpc) is 3.17. The summed E-state index contributed by atoms with van der Waals surface area (Å²) in [6.07, 6.45) is 1.36. The molecule has 1 aliphatic heterocycles. The Hall–Kier alpha value is -3.32. The fourth-order valence-corrected chi connectivity index (χ4v) is 3.01. The number of hydrogen-bond donors (Lipinski definition) is 1. The van der Waals surface area contributed by atoms with Gasteiger partial charge >= 0.3 is 0 Å². The minimum atomic E-state index is -0.324. The zero-order valence-corrected chi connectivity index (χ0v) is 15.5. The van der Waals surface area contributed by atoms with Crippen LogP contribution in [-0.2, 0) is 17.9 Å². The van der Waals surface area contributed by atoms with Crippen molar-refractivity contribution in [1.29, 1.82) is 0 Å². The summed E-state index contributed by atoms with van der Waals surface area (Å²) < 4.78 is 11.9. The Balaban J connectivity index is 1.44. The molecule has 7 nitrogen and oxygen atoms in total. The number of benzene rings is 2. The van der Waals surface area contributed by atoms with Gasteiger partial charge < -0.3 is 14.8 Å². The summed E-state index contributed by atoms with van der Waals surface area (Å²) in [5.41, 5.74) is 1.71. The highest BCUT2D eigenvalue weighted by Gasteiger charge is 2.15. The summed E-state index contributed by atoms with van der Waals surface area (Å²) in [5.74, 6) is 0.967. The van der Waals surface area contributed by atoms with Gasteiger partial charge in [0.05, 0.1) is 12.0 Å². The Morgan fingerprint density at radius 2 is 1.96 bits per heavy atom. The monoisotopic (exact) mass is 397 g/mol. The zero-order valence-electron chi connectivity index (χ0n) is 14.7. The van der Waals surface area contributed by atoms with Crippen molar-refractivity contribution in [3.63, 3.8) is 0 Å². The van der Waals surface area contributed by atoms with Crippen molar-refractivity contribution in [2.45, 2.75) is 13.1 Å². The third-order valence-electron chi connectivity index (χ3n) is 4.30.